The van der Waals surface area contributed by atoms with Crippen molar-refractivity contribution in [1.29, 1.82) is 0 Å². The standard InChI is InChI=1S/C40H58F2N2/c1-3-5-7-9-11-13-15-17-19-21-23-33-25-27-39(43-31-33)35-29-36(38(42)30-37(35)41)40-28-26-34(32-44-40)24-22-20-18-16-14-12-10-8-6-4-2/h25-32H,3-24H2,1-2H3. The fourth-order valence-electron chi connectivity index (χ4n) is 6.04. The number of aryl methyl sites for hydroxylation is 2. The zero-order valence-corrected chi connectivity index (χ0v) is 27.8. The lowest BCUT2D eigenvalue weighted by Crippen LogP contribution is -1.96. The Bertz CT molecular complexity index is 1070. The zero-order valence-electron chi connectivity index (χ0n) is 27.8. The SMILES string of the molecule is CCCCCCCCCCCCc1ccc(-c2cc(-c3ccc(CCCCCCCCCCCC)cn3)c(F)cc2F)nc1. The predicted octanol–water partition coefficient (Wildman–Crippen LogP) is 13.0. The van der Waals surface area contributed by atoms with Crippen molar-refractivity contribution < 1.29 is 8.78 Å². The second-order valence-corrected chi connectivity index (χ2v) is 12.8. The van der Waals surface area contributed by atoms with Gasteiger partial charge in [0, 0.05) is 29.6 Å². The van der Waals surface area contributed by atoms with Gasteiger partial charge in [-0.05, 0) is 55.0 Å². The largest absolute Gasteiger partial charge is 0.256 e. The maximum Gasteiger partial charge on any atom is 0.135 e. The van der Waals surface area contributed by atoms with E-state index in [1.165, 1.54) is 116 Å². The summed E-state index contributed by atoms with van der Waals surface area (Å²) in [4.78, 5) is 9.09. The number of hydrogen-bond acceptors (Lipinski definition) is 2. The van der Waals surface area contributed by atoms with Gasteiger partial charge in [0.25, 0.3) is 0 Å². The van der Waals surface area contributed by atoms with Crippen LogP contribution in [0.1, 0.15) is 153 Å². The van der Waals surface area contributed by atoms with E-state index in [1.807, 2.05) is 36.7 Å². The van der Waals surface area contributed by atoms with Crippen LogP contribution in [-0.2, 0) is 12.8 Å². The average molecular weight is 605 g/mol. The van der Waals surface area contributed by atoms with Crippen molar-refractivity contribution in [3.8, 4) is 22.5 Å². The Balaban J connectivity index is 1.43. The minimum atomic E-state index is -0.598. The van der Waals surface area contributed by atoms with Crippen LogP contribution in [-0.4, -0.2) is 9.97 Å². The fourth-order valence-corrected chi connectivity index (χ4v) is 6.04. The lowest BCUT2D eigenvalue weighted by Gasteiger charge is -2.10. The van der Waals surface area contributed by atoms with Crippen molar-refractivity contribution in [3.05, 3.63) is 71.6 Å². The molecule has 0 amide bonds. The molecule has 1 aromatic carbocycles. The van der Waals surface area contributed by atoms with Crippen LogP contribution in [0.2, 0.25) is 0 Å². The van der Waals surface area contributed by atoms with Crippen LogP contribution in [0.15, 0.2) is 48.8 Å². The highest BCUT2D eigenvalue weighted by atomic mass is 19.1. The molecule has 0 unspecified atom stereocenters. The number of pyridine rings is 2. The van der Waals surface area contributed by atoms with E-state index in [9.17, 15) is 8.78 Å². The van der Waals surface area contributed by atoms with Crippen LogP contribution in [0.5, 0.6) is 0 Å². The Kier molecular flexibility index (Phi) is 17.9. The molecule has 0 atom stereocenters. The first kappa shape index (κ1) is 35.9. The van der Waals surface area contributed by atoms with Crippen molar-refractivity contribution in [1.82, 2.24) is 9.97 Å². The molecule has 0 saturated heterocycles. The highest BCUT2D eigenvalue weighted by Gasteiger charge is 2.15. The molecule has 242 valence electrons. The zero-order chi connectivity index (χ0) is 31.2. The van der Waals surface area contributed by atoms with E-state index in [-0.39, 0.29) is 0 Å². The first-order valence-electron chi connectivity index (χ1n) is 18.0. The molecule has 0 fully saturated rings. The molecule has 44 heavy (non-hydrogen) atoms. The van der Waals surface area contributed by atoms with Crippen molar-refractivity contribution in [3.63, 3.8) is 0 Å². The second-order valence-electron chi connectivity index (χ2n) is 12.8. The van der Waals surface area contributed by atoms with E-state index in [0.29, 0.717) is 22.5 Å². The lowest BCUT2D eigenvalue weighted by atomic mass is 10.0. The van der Waals surface area contributed by atoms with Crippen LogP contribution in [0, 0.1) is 11.6 Å². The van der Waals surface area contributed by atoms with E-state index in [0.717, 1.165) is 42.9 Å². The summed E-state index contributed by atoms with van der Waals surface area (Å²) in [6.07, 6.45) is 31.9. The van der Waals surface area contributed by atoms with Gasteiger partial charge >= 0.3 is 0 Å². The number of hydrogen-bond donors (Lipinski definition) is 0. The van der Waals surface area contributed by atoms with E-state index in [2.05, 4.69) is 23.8 Å². The van der Waals surface area contributed by atoms with Gasteiger partial charge in [0.05, 0.1) is 11.4 Å². The first-order chi connectivity index (χ1) is 21.6. The molecule has 0 aliphatic rings. The number of nitrogens with zero attached hydrogens (tertiary/aromatic N) is 2. The highest BCUT2D eigenvalue weighted by molar-refractivity contribution is 5.70. The normalized spacial score (nSPS) is 11.4. The summed E-state index contributed by atoms with van der Waals surface area (Å²) >= 11 is 0. The molecule has 2 heterocycles. The molecule has 2 aromatic heterocycles. The van der Waals surface area contributed by atoms with E-state index in [4.69, 9.17) is 0 Å². The lowest BCUT2D eigenvalue weighted by molar-refractivity contribution is 0.556. The molecule has 4 heteroatoms. The quantitative estimate of drug-likeness (QED) is 0.0951. The molecule has 0 aliphatic heterocycles. The molecule has 2 nitrogen and oxygen atoms in total. The summed E-state index contributed by atoms with van der Waals surface area (Å²) in [5, 5.41) is 0. The smallest absolute Gasteiger partial charge is 0.135 e. The van der Waals surface area contributed by atoms with Crippen molar-refractivity contribution >= 4 is 0 Å². The number of unbranched alkanes of at least 4 members (excludes halogenated alkanes) is 18. The third-order valence-electron chi connectivity index (χ3n) is 8.90. The third kappa shape index (κ3) is 13.6. The Labute approximate surface area is 267 Å². The van der Waals surface area contributed by atoms with Gasteiger partial charge in [0.1, 0.15) is 11.6 Å². The van der Waals surface area contributed by atoms with Gasteiger partial charge in [-0.1, -0.05) is 142 Å². The molecule has 0 N–H and O–H groups in total. The first-order valence-corrected chi connectivity index (χ1v) is 18.0. The molecule has 3 aromatic rings. The van der Waals surface area contributed by atoms with E-state index in [1.54, 1.807) is 6.07 Å². The molecular weight excluding hydrogens is 546 g/mol. The van der Waals surface area contributed by atoms with Crippen LogP contribution in [0.3, 0.4) is 0 Å². The number of benzene rings is 1. The van der Waals surface area contributed by atoms with Crippen LogP contribution in [0.25, 0.3) is 22.5 Å². The molecule has 0 aliphatic carbocycles. The van der Waals surface area contributed by atoms with Gasteiger partial charge in [0.15, 0.2) is 0 Å². The summed E-state index contributed by atoms with van der Waals surface area (Å²) in [5.41, 5.74) is 3.99. The molecule has 0 radical (unpaired) electrons. The van der Waals surface area contributed by atoms with Crippen LogP contribution in [0.4, 0.5) is 8.78 Å². The minimum absolute atomic E-state index is 0.308. The molecule has 0 spiro atoms. The Morgan fingerprint density at radius 1 is 0.432 bits per heavy atom. The number of aromatic nitrogens is 2. The summed E-state index contributed by atoms with van der Waals surface area (Å²) in [5.74, 6) is -1.20. The third-order valence-corrected chi connectivity index (χ3v) is 8.90. The van der Waals surface area contributed by atoms with Gasteiger partial charge in [-0.2, -0.15) is 0 Å². The predicted molar refractivity (Wildman–Crippen MR) is 184 cm³/mol. The van der Waals surface area contributed by atoms with Gasteiger partial charge in [-0.25, -0.2) is 8.78 Å². The topological polar surface area (TPSA) is 25.8 Å². The molecule has 0 bridgehead atoms. The maximum absolute atomic E-state index is 14.9. The van der Waals surface area contributed by atoms with Crippen molar-refractivity contribution in [2.75, 3.05) is 0 Å². The van der Waals surface area contributed by atoms with Gasteiger partial charge in [-0.15, -0.1) is 0 Å². The summed E-state index contributed by atoms with van der Waals surface area (Å²) < 4.78 is 29.7. The van der Waals surface area contributed by atoms with E-state index >= 15 is 0 Å². The monoisotopic (exact) mass is 604 g/mol. The highest BCUT2D eigenvalue weighted by Crippen LogP contribution is 2.30. The Morgan fingerprint density at radius 3 is 1.09 bits per heavy atom. The number of rotatable bonds is 24. The Morgan fingerprint density at radius 2 is 0.773 bits per heavy atom. The maximum atomic E-state index is 14.9. The molecule has 0 saturated carbocycles. The summed E-state index contributed by atoms with van der Waals surface area (Å²) in [7, 11) is 0. The fraction of sp³-hybridized carbons (Fsp3) is 0.600. The molecule has 3 rings (SSSR count). The van der Waals surface area contributed by atoms with Crippen LogP contribution >= 0.6 is 0 Å². The van der Waals surface area contributed by atoms with Crippen molar-refractivity contribution in [2.24, 2.45) is 0 Å². The van der Waals surface area contributed by atoms with Crippen molar-refractivity contribution in [2.45, 2.75) is 155 Å². The number of halogens is 2. The second kappa shape index (κ2) is 22.0. The minimum Gasteiger partial charge on any atom is -0.256 e. The average Bonchev–Trinajstić information content (AvgIpc) is 3.04. The van der Waals surface area contributed by atoms with Gasteiger partial charge in [0.2, 0.25) is 0 Å². The van der Waals surface area contributed by atoms with Gasteiger partial charge in [-0.3, -0.25) is 9.97 Å². The van der Waals surface area contributed by atoms with Gasteiger partial charge < -0.3 is 0 Å². The summed E-state index contributed by atoms with van der Waals surface area (Å²) in [6, 6.07) is 10.3. The van der Waals surface area contributed by atoms with Crippen LogP contribution < -0.4 is 0 Å². The van der Waals surface area contributed by atoms with E-state index < -0.39 is 11.6 Å². The Hall–Kier alpha value is -2.62. The molecular formula is C40H58F2N2. The summed E-state index contributed by atoms with van der Waals surface area (Å²) in [6.45, 7) is 4.52.